The second-order valence-electron chi connectivity index (χ2n) is 5.61. The third kappa shape index (κ3) is 7.22. The molecule has 0 saturated heterocycles. The maximum absolute atomic E-state index is 3.55. The van der Waals surface area contributed by atoms with Crippen molar-refractivity contribution in [3.05, 3.63) is 30.3 Å². The van der Waals surface area contributed by atoms with Gasteiger partial charge in [0.2, 0.25) is 0 Å². The van der Waals surface area contributed by atoms with Crippen molar-refractivity contribution in [1.29, 1.82) is 0 Å². The standard InChI is InChI=1S/C17H30N2/c1-4-5-14-19(17-9-7-6-8-10-17)15-13-18-12-11-16(2)3/h6-10,16,18H,4-5,11-15H2,1-3H3. The molecule has 1 aromatic rings. The Kier molecular flexibility index (Phi) is 8.31. The summed E-state index contributed by atoms with van der Waals surface area (Å²) in [7, 11) is 0. The SMILES string of the molecule is CCCCN(CCNCCC(C)C)c1ccccc1. The third-order valence-corrected chi connectivity index (χ3v) is 3.36. The molecule has 0 aromatic heterocycles. The highest BCUT2D eigenvalue weighted by Gasteiger charge is 2.04. The van der Waals surface area contributed by atoms with E-state index in [4.69, 9.17) is 0 Å². The Balaban J connectivity index is 2.34. The maximum Gasteiger partial charge on any atom is 0.0366 e. The minimum atomic E-state index is 0.790. The molecule has 1 rings (SSSR count). The van der Waals surface area contributed by atoms with Gasteiger partial charge in [-0.15, -0.1) is 0 Å². The predicted octanol–water partition coefficient (Wildman–Crippen LogP) is 3.93. The number of anilines is 1. The van der Waals surface area contributed by atoms with Gasteiger partial charge in [-0.1, -0.05) is 45.4 Å². The maximum atomic E-state index is 3.55. The molecule has 2 nitrogen and oxygen atoms in total. The molecule has 0 heterocycles. The Morgan fingerprint density at radius 3 is 2.42 bits per heavy atom. The molecule has 2 heteroatoms. The largest absolute Gasteiger partial charge is 0.370 e. The van der Waals surface area contributed by atoms with Gasteiger partial charge < -0.3 is 10.2 Å². The zero-order valence-electron chi connectivity index (χ0n) is 12.9. The quantitative estimate of drug-likeness (QED) is 0.643. The van der Waals surface area contributed by atoms with Crippen molar-refractivity contribution in [2.24, 2.45) is 5.92 Å². The first kappa shape index (κ1) is 16.0. The van der Waals surface area contributed by atoms with Crippen LogP contribution in [0.1, 0.15) is 40.0 Å². The molecule has 0 saturated carbocycles. The van der Waals surface area contributed by atoms with E-state index in [-0.39, 0.29) is 0 Å². The van der Waals surface area contributed by atoms with Crippen molar-refractivity contribution >= 4 is 5.69 Å². The zero-order chi connectivity index (χ0) is 13.9. The average molecular weight is 262 g/mol. The van der Waals surface area contributed by atoms with Crippen LogP contribution in [0.5, 0.6) is 0 Å². The van der Waals surface area contributed by atoms with Gasteiger partial charge >= 0.3 is 0 Å². The number of nitrogens with zero attached hydrogens (tertiary/aromatic N) is 1. The van der Waals surface area contributed by atoms with Crippen LogP contribution < -0.4 is 10.2 Å². The van der Waals surface area contributed by atoms with Gasteiger partial charge in [-0.2, -0.15) is 0 Å². The van der Waals surface area contributed by atoms with E-state index in [1.165, 1.54) is 24.9 Å². The predicted molar refractivity (Wildman–Crippen MR) is 85.9 cm³/mol. The molecule has 1 N–H and O–H groups in total. The summed E-state index contributed by atoms with van der Waals surface area (Å²) in [5, 5.41) is 3.55. The van der Waals surface area contributed by atoms with Crippen LogP contribution in [0.25, 0.3) is 0 Å². The van der Waals surface area contributed by atoms with E-state index < -0.39 is 0 Å². The molecule has 108 valence electrons. The number of hydrogen-bond acceptors (Lipinski definition) is 2. The highest BCUT2D eigenvalue weighted by Crippen LogP contribution is 2.13. The van der Waals surface area contributed by atoms with Crippen molar-refractivity contribution < 1.29 is 0 Å². The second-order valence-corrected chi connectivity index (χ2v) is 5.61. The molecule has 19 heavy (non-hydrogen) atoms. The molecule has 0 amide bonds. The van der Waals surface area contributed by atoms with Crippen LogP contribution in [0.15, 0.2) is 30.3 Å². The first-order valence-electron chi connectivity index (χ1n) is 7.74. The topological polar surface area (TPSA) is 15.3 Å². The van der Waals surface area contributed by atoms with E-state index in [9.17, 15) is 0 Å². The first-order valence-corrected chi connectivity index (χ1v) is 7.74. The number of para-hydroxylation sites is 1. The summed E-state index contributed by atoms with van der Waals surface area (Å²) in [4.78, 5) is 2.49. The summed E-state index contributed by atoms with van der Waals surface area (Å²) in [5.74, 6) is 0.790. The van der Waals surface area contributed by atoms with Crippen LogP contribution in [0.2, 0.25) is 0 Å². The molecule has 0 radical (unpaired) electrons. The summed E-state index contributed by atoms with van der Waals surface area (Å²) in [6.45, 7) is 11.3. The van der Waals surface area contributed by atoms with Gasteiger partial charge in [-0.25, -0.2) is 0 Å². The first-order chi connectivity index (χ1) is 9.24. The molecule has 1 aromatic carbocycles. The average Bonchev–Trinajstić information content (AvgIpc) is 2.42. The highest BCUT2D eigenvalue weighted by molar-refractivity contribution is 5.45. The molecule has 0 aliphatic carbocycles. The molecular weight excluding hydrogens is 232 g/mol. The van der Waals surface area contributed by atoms with Crippen molar-refractivity contribution in [1.82, 2.24) is 5.32 Å². The molecule has 0 fully saturated rings. The van der Waals surface area contributed by atoms with Crippen molar-refractivity contribution in [3.63, 3.8) is 0 Å². The van der Waals surface area contributed by atoms with Gasteiger partial charge in [0.05, 0.1) is 0 Å². The third-order valence-electron chi connectivity index (χ3n) is 3.36. The lowest BCUT2D eigenvalue weighted by Gasteiger charge is -2.25. The number of nitrogens with one attached hydrogen (secondary N) is 1. The van der Waals surface area contributed by atoms with E-state index in [0.29, 0.717) is 0 Å². The monoisotopic (exact) mass is 262 g/mol. The van der Waals surface area contributed by atoms with Crippen LogP contribution in [-0.4, -0.2) is 26.2 Å². The smallest absolute Gasteiger partial charge is 0.0366 e. The van der Waals surface area contributed by atoms with Crippen molar-refractivity contribution in [3.8, 4) is 0 Å². The Labute approximate surface area is 119 Å². The zero-order valence-corrected chi connectivity index (χ0v) is 12.9. The van der Waals surface area contributed by atoms with E-state index in [1.54, 1.807) is 0 Å². The Hall–Kier alpha value is -1.02. The Morgan fingerprint density at radius 2 is 1.79 bits per heavy atom. The fourth-order valence-corrected chi connectivity index (χ4v) is 2.09. The minimum absolute atomic E-state index is 0.790. The van der Waals surface area contributed by atoms with E-state index in [1.807, 2.05) is 0 Å². The molecule has 0 bridgehead atoms. The van der Waals surface area contributed by atoms with E-state index in [2.05, 4.69) is 61.3 Å². The lowest BCUT2D eigenvalue weighted by atomic mass is 10.1. The molecule has 0 unspecified atom stereocenters. The van der Waals surface area contributed by atoms with Gasteiger partial charge in [0.25, 0.3) is 0 Å². The number of hydrogen-bond donors (Lipinski definition) is 1. The van der Waals surface area contributed by atoms with Crippen LogP contribution in [0.3, 0.4) is 0 Å². The number of unbranched alkanes of at least 4 members (excludes halogenated alkanes) is 1. The van der Waals surface area contributed by atoms with E-state index >= 15 is 0 Å². The second kappa shape index (κ2) is 9.85. The Morgan fingerprint density at radius 1 is 1.05 bits per heavy atom. The summed E-state index contributed by atoms with van der Waals surface area (Å²) >= 11 is 0. The molecule has 0 spiro atoms. The van der Waals surface area contributed by atoms with E-state index in [0.717, 1.165) is 32.1 Å². The lowest BCUT2D eigenvalue weighted by molar-refractivity contribution is 0.536. The number of benzene rings is 1. The van der Waals surface area contributed by atoms with Crippen LogP contribution in [-0.2, 0) is 0 Å². The van der Waals surface area contributed by atoms with Gasteiger partial charge in [0.15, 0.2) is 0 Å². The fourth-order valence-electron chi connectivity index (χ4n) is 2.09. The molecular formula is C17H30N2. The minimum Gasteiger partial charge on any atom is -0.370 e. The summed E-state index contributed by atoms with van der Waals surface area (Å²) in [5.41, 5.74) is 1.35. The van der Waals surface area contributed by atoms with Gasteiger partial charge in [0, 0.05) is 25.3 Å². The Bertz CT molecular complexity index is 308. The summed E-state index contributed by atoms with van der Waals surface area (Å²) in [6, 6.07) is 10.8. The molecule has 0 atom stereocenters. The highest BCUT2D eigenvalue weighted by atomic mass is 15.1. The summed E-state index contributed by atoms with van der Waals surface area (Å²) < 4.78 is 0. The lowest BCUT2D eigenvalue weighted by Crippen LogP contribution is -2.33. The molecule has 0 aliphatic rings. The fraction of sp³-hybridized carbons (Fsp3) is 0.647. The normalized spacial score (nSPS) is 10.9. The van der Waals surface area contributed by atoms with Crippen LogP contribution >= 0.6 is 0 Å². The van der Waals surface area contributed by atoms with Crippen molar-refractivity contribution in [2.75, 3.05) is 31.1 Å². The van der Waals surface area contributed by atoms with Gasteiger partial charge in [0.1, 0.15) is 0 Å². The summed E-state index contributed by atoms with van der Waals surface area (Å²) in [6.07, 6.45) is 3.78. The van der Waals surface area contributed by atoms with Crippen LogP contribution in [0.4, 0.5) is 5.69 Å². The number of rotatable bonds is 10. The molecule has 0 aliphatic heterocycles. The van der Waals surface area contributed by atoms with Gasteiger partial charge in [-0.05, 0) is 37.4 Å². The van der Waals surface area contributed by atoms with Gasteiger partial charge in [-0.3, -0.25) is 0 Å². The van der Waals surface area contributed by atoms with Crippen LogP contribution in [0, 0.1) is 5.92 Å². The van der Waals surface area contributed by atoms with Crippen molar-refractivity contribution in [2.45, 2.75) is 40.0 Å².